The monoisotopic (exact) mass is 477 g/mol. The summed E-state index contributed by atoms with van der Waals surface area (Å²) in [5.74, 6) is 1.43. The minimum atomic E-state index is -1.24. The minimum Gasteiger partial charge on any atom is -0.497 e. The molecule has 0 N–H and O–H groups in total. The molecule has 0 fully saturated rings. The first-order valence-corrected chi connectivity index (χ1v) is 13.1. The molecule has 0 bridgehead atoms. The number of aromatic nitrogens is 2. The van der Waals surface area contributed by atoms with Gasteiger partial charge >= 0.3 is 0 Å². The first-order chi connectivity index (χ1) is 15.0. The van der Waals surface area contributed by atoms with Crippen molar-refractivity contribution in [3.63, 3.8) is 0 Å². The van der Waals surface area contributed by atoms with Gasteiger partial charge in [0.25, 0.3) is 0 Å². The lowest BCUT2D eigenvalue weighted by Crippen LogP contribution is -2.29. The van der Waals surface area contributed by atoms with Crippen LogP contribution in [0.25, 0.3) is 11.0 Å². The van der Waals surface area contributed by atoms with E-state index >= 15 is 0 Å². The van der Waals surface area contributed by atoms with Gasteiger partial charge in [0.1, 0.15) is 16.7 Å². The van der Waals surface area contributed by atoms with Crippen LogP contribution in [0.1, 0.15) is 20.8 Å². The van der Waals surface area contributed by atoms with Crippen LogP contribution in [0.5, 0.6) is 11.5 Å². The van der Waals surface area contributed by atoms with E-state index in [9.17, 15) is 0 Å². The molecule has 0 unspecified atom stereocenters. The van der Waals surface area contributed by atoms with E-state index in [-0.39, 0.29) is 4.75 Å². The van der Waals surface area contributed by atoms with Crippen molar-refractivity contribution in [3.8, 4) is 11.5 Å². The molecule has 0 aliphatic carbocycles. The first kappa shape index (κ1) is 24.4. The Morgan fingerprint density at radius 3 is 2.19 bits per heavy atom. The molecule has 2 aromatic carbocycles. The van der Waals surface area contributed by atoms with Gasteiger partial charge in [0.05, 0.1) is 38.1 Å². The summed E-state index contributed by atoms with van der Waals surface area (Å²) in [5, 5.41) is 0.364. The average Bonchev–Trinajstić information content (AvgIpc) is 2.75. The second-order valence-corrected chi connectivity index (χ2v) is 13.1. The number of ether oxygens (including phenoxy) is 2. The van der Waals surface area contributed by atoms with E-state index in [0.29, 0.717) is 18.3 Å². The van der Waals surface area contributed by atoms with E-state index in [4.69, 9.17) is 25.3 Å². The predicted molar refractivity (Wildman–Crippen MR) is 136 cm³/mol. The zero-order valence-corrected chi connectivity index (χ0v) is 21.4. The van der Waals surface area contributed by atoms with Crippen molar-refractivity contribution < 1.29 is 13.7 Å². The normalized spacial score (nSPS) is 12.6. The fraction of sp³-hybridized carbons (Fsp3) is 0.417. The molecule has 3 aromatic rings. The summed E-state index contributed by atoms with van der Waals surface area (Å²) in [6, 6.07) is 11.8. The maximum atomic E-state index is 6.42. The number of fused-ring (bicyclic) bond motifs is 1. The van der Waals surface area contributed by atoms with Gasteiger partial charge in [-0.15, -0.1) is 10.3 Å². The van der Waals surface area contributed by atoms with Crippen molar-refractivity contribution in [1.29, 1.82) is 0 Å². The topological polar surface area (TPSA) is 56.7 Å². The van der Waals surface area contributed by atoms with Gasteiger partial charge in [0.2, 0.25) is 0 Å². The highest BCUT2D eigenvalue weighted by Gasteiger charge is 2.29. The minimum absolute atomic E-state index is 0.0896. The van der Waals surface area contributed by atoms with Crippen molar-refractivity contribution in [3.05, 3.63) is 47.7 Å². The van der Waals surface area contributed by atoms with E-state index in [1.165, 1.54) is 0 Å². The van der Waals surface area contributed by atoms with E-state index in [1.54, 1.807) is 20.4 Å². The van der Waals surface area contributed by atoms with Crippen LogP contribution in [0.2, 0.25) is 5.15 Å². The summed E-state index contributed by atoms with van der Waals surface area (Å²) >= 11 is 6.09. The number of hydrogen-bond donors (Lipinski definition) is 0. The number of rotatable bonds is 8. The number of nitrogens with zero attached hydrogens (tertiary/aromatic N) is 3. The Labute approximate surface area is 197 Å². The predicted octanol–water partition coefficient (Wildman–Crippen LogP) is 6.23. The molecular formula is C24H32ClN3O3S. The molecule has 0 aliphatic rings. The molecule has 1 aromatic heterocycles. The quantitative estimate of drug-likeness (QED) is 0.383. The van der Waals surface area contributed by atoms with Crippen molar-refractivity contribution in [2.75, 3.05) is 44.8 Å². The van der Waals surface area contributed by atoms with Crippen LogP contribution in [0.3, 0.4) is 0 Å². The lowest BCUT2D eigenvalue weighted by molar-refractivity contribution is 0.359. The van der Waals surface area contributed by atoms with Crippen LogP contribution in [0.15, 0.2) is 42.6 Å². The second-order valence-electron chi connectivity index (χ2n) is 8.76. The number of hydrogen-bond acceptors (Lipinski definition) is 6. The van der Waals surface area contributed by atoms with Gasteiger partial charge in [-0.3, -0.25) is 4.98 Å². The summed E-state index contributed by atoms with van der Waals surface area (Å²) in [6.07, 6.45) is 5.97. The Hall–Kier alpha value is -2.22. The molecule has 174 valence electrons. The standard InChI is InChI=1S/C24H32ClN3O3S/c1-24(2,3)32(6,7)31-11-10-28(18-12-19(29-4)15-20(13-18)30-5)17-8-9-21-22(14-17)27-23(25)16-26-21/h8-9,12-16H,10-11H2,1-7H3. The lowest BCUT2D eigenvalue weighted by atomic mass is 10.2. The van der Waals surface area contributed by atoms with Crippen molar-refractivity contribution in [2.24, 2.45) is 0 Å². The van der Waals surface area contributed by atoms with Crippen molar-refractivity contribution >= 4 is 44.3 Å². The fourth-order valence-electron chi connectivity index (χ4n) is 3.01. The van der Waals surface area contributed by atoms with Crippen LogP contribution in [0.4, 0.5) is 11.4 Å². The first-order valence-electron chi connectivity index (χ1n) is 10.3. The molecule has 0 saturated heterocycles. The number of benzene rings is 2. The van der Waals surface area contributed by atoms with Crippen molar-refractivity contribution in [2.45, 2.75) is 25.5 Å². The van der Waals surface area contributed by atoms with Crippen LogP contribution >= 0.6 is 21.9 Å². The molecule has 0 amide bonds. The molecule has 0 radical (unpaired) electrons. The molecule has 0 spiro atoms. The third-order valence-electron chi connectivity index (χ3n) is 5.62. The van der Waals surface area contributed by atoms with E-state index in [1.807, 2.05) is 36.4 Å². The van der Waals surface area contributed by atoms with E-state index < -0.39 is 10.3 Å². The van der Waals surface area contributed by atoms with Crippen LogP contribution in [-0.2, 0) is 4.18 Å². The van der Waals surface area contributed by atoms with Crippen LogP contribution in [0, 0.1) is 0 Å². The maximum absolute atomic E-state index is 6.42. The fourth-order valence-corrected chi connectivity index (χ4v) is 4.00. The number of methoxy groups -OCH3 is 2. The Morgan fingerprint density at radius 1 is 0.938 bits per heavy atom. The van der Waals surface area contributed by atoms with Crippen molar-refractivity contribution in [1.82, 2.24) is 9.97 Å². The highest BCUT2D eigenvalue weighted by atomic mass is 35.5. The largest absolute Gasteiger partial charge is 0.497 e. The SMILES string of the molecule is COc1cc(OC)cc(N(CCOS(C)(C)C(C)(C)C)c2ccc3ncc(Cl)nc3c2)c1. The zero-order chi connectivity index (χ0) is 23.5. The summed E-state index contributed by atoms with van der Waals surface area (Å²) in [4.78, 5) is 11.0. The maximum Gasteiger partial charge on any atom is 0.148 e. The summed E-state index contributed by atoms with van der Waals surface area (Å²) in [6.45, 7) is 7.87. The van der Waals surface area contributed by atoms with Gasteiger partial charge in [-0.2, -0.15) is 0 Å². The Morgan fingerprint density at radius 2 is 1.59 bits per heavy atom. The van der Waals surface area contributed by atoms with E-state index in [0.717, 1.165) is 33.9 Å². The molecule has 0 aliphatic heterocycles. The van der Waals surface area contributed by atoms with E-state index in [2.05, 4.69) is 48.2 Å². The number of halogens is 1. The zero-order valence-electron chi connectivity index (χ0n) is 19.8. The van der Waals surface area contributed by atoms with Gasteiger partial charge in [-0.05, 0) is 30.7 Å². The lowest BCUT2D eigenvalue weighted by Gasteiger charge is -2.44. The molecule has 1 heterocycles. The van der Waals surface area contributed by atoms with Gasteiger partial charge in [0.15, 0.2) is 0 Å². The molecule has 0 saturated carbocycles. The molecule has 8 heteroatoms. The number of anilines is 2. The van der Waals surface area contributed by atoms with Gasteiger partial charge in [-0.1, -0.05) is 32.4 Å². The van der Waals surface area contributed by atoms with Gasteiger partial charge in [-0.25, -0.2) is 4.98 Å². The van der Waals surface area contributed by atoms with Crippen LogP contribution < -0.4 is 14.4 Å². The highest BCUT2D eigenvalue weighted by molar-refractivity contribution is 8.29. The average molecular weight is 478 g/mol. The van der Waals surface area contributed by atoms with Gasteiger partial charge < -0.3 is 18.6 Å². The molecular weight excluding hydrogens is 446 g/mol. The molecule has 3 rings (SSSR count). The second kappa shape index (κ2) is 9.73. The summed E-state index contributed by atoms with van der Waals surface area (Å²) < 4.78 is 17.5. The molecule has 32 heavy (non-hydrogen) atoms. The van der Waals surface area contributed by atoms with Crippen LogP contribution in [-0.4, -0.2) is 54.6 Å². The van der Waals surface area contributed by atoms with Gasteiger partial charge in [0, 0.05) is 40.9 Å². The molecule has 0 atom stereocenters. The highest BCUT2D eigenvalue weighted by Crippen LogP contribution is 2.53. The Balaban J connectivity index is 2.00. The molecule has 6 nitrogen and oxygen atoms in total. The summed E-state index contributed by atoms with van der Waals surface area (Å²) in [5.41, 5.74) is 3.41. The smallest absolute Gasteiger partial charge is 0.148 e. The Kier molecular flexibility index (Phi) is 7.43. The Bertz CT molecular complexity index is 1060. The third kappa shape index (κ3) is 5.57. The third-order valence-corrected chi connectivity index (χ3v) is 9.51. The summed E-state index contributed by atoms with van der Waals surface area (Å²) in [7, 11) is 2.06.